The third kappa shape index (κ3) is 3.09. The fourth-order valence-corrected chi connectivity index (χ4v) is 0.988. The number of ether oxygens (including phenoxy) is 1. The summed E-state index contributed by atoms with van der Waals surface area (Å²) in [5, 5.41) is 0. The van der Waals surface area contributed by atoms with Crippen LogP contribution >= 0.6 is 0 Å². The molecule has 15 heavy (non-hydrogen) atoms. The van der Waals surface area contributed by atoms with Crippen LogP contribution in [-0.4, -0.2) is 13.2 Å². The van der Waals surface area contributed by atoms with Gasteiger partial charge in [-0.3, -0.25) is 0 Å². The van der Waals surface area contributed by atoms with Crippen LogP contribution in [0.15, 0.2) is 18.2 Å². The average Bonchev–Trinajstić information content (AvgIpc) is 2.15. The predicted molar refractivity (Wildman–Crippen MR) is 46.0 cm³/mol. The third-order valence-corrected chi connectivity index (χ3v) is 1.63. The fourth-order valence-electron chi connectivity index (χ4n) is 0.988. The van der Waals surface area contributed by atoms with E-state index in [4.69, 9.17) is 10.5 Å². The second kappa shape index (κ2) is 4.48. The molecule has 0 spiro atoms. The van der Waals surface area contributed by atoms with Crippen molar-refractivity contribution in [2.45, 2.75) is 6.18 Å². The molecule has 1 aromatic rings. The highest BCUT2D eigenvalue weighted by Crippen LogP contribution is 2.33. The van der Waals surface area contributed by atoms with Crippen molar-refractivity contribution in [2.24, 2.45) is 5.73 Å². The maximum atomic E-state index is 12.8. The van der Waals surface area contributed by atoms with Gasteiger partial charge in [0.15, 0.2) is 0 Å². The second-order valence-electron chi connectivity index (χ2n) is 2.78. The van der Waals surface area contributed by atoms with E-state index in [0.29, 0.717) is 12.1 Å². The van der Waals surface area contributed by atoms with Crippen molar-refractivity contribution in [3.63, 3.8) is 0 Å². The van der Waals surface area contributed by atoms with E-state index < -0.39 is 17.6 Å². The molecule has 1 aromatic carbocycles. The summed E-state index contributed by atoms with van der Waals surface area (Å²) in [4.78, 5) is 0. The van der Waals surface area contributed by atoms with Crippen LogP contribution in [0.5, 0.6) is 5.75 Å². The summed E-state index contributed by atoms with van der Waals surface area (Å²) in [6, 6.07) is 2.46. The Morgan fingerprint density at radius 1 is 1.27 bits per heavy atom. The van der Waals surface area contributed by atoms with Crippen molar-refractivity contribution in [1.29, 1.82) is 0 Å². The van der Waals surface area contributed by atoms with Gasteiger partial charge in [0.2, 0.25) is 0 Å². The molecule has 2 N–H and O–H groups in total. The zero-order chi connectivity index (χ0) is 11.5. The first-order chi connectivity index (χ1) is 6.95. The Kier molecular flexibility index (Phi) is 3.52. The van der Waals surface area contributed by atoms with Gasteiger partial charge in [0.1, 0.15) is 18.2 Å². The molecule has 0 atom stereocenters. The Hall–Kier alpha value is -1.30. The molecule has 0 unspecified atom stereocenters. The third-order valence-electron chi connectivity index (χ3n) is 1.63. The van der Waals surface area contributed by atoms with Gasteiger partial charge in [-0.1, -0.05) is 0 Å². The standard InChI is InChI=1S/C9H9F4NO/c10-8-2-1-6(15-4-3-14)5-7(8)9(11,12)13/h1-2,5H,3-4,14H2. The lowest BCUT2D eigenvalue weighted by molar-refractivity contribution is -0.140. The number of hydrogen-bond acceptors (Lipinski definition) is 2. The van der Waals surface area contributed by atoms with E-state index in [1.54, 1.807) is 0 Å². The number of nitrogens with two attached hydrogens (primary N) is 1. The van der Waals surface area contributed by atoms with Gasteiger partial charge in [0, 0.05) is 6.54 Å². The summed E-state index contributed by atoms with van der Waals surface area (Å²) < 4.78 is 54.3. The molecule has 0 aliphatic rings. The normalized spacial score (nSPS) is 11.5. The molecule has 2 nitrogen and oxygen atoms in total. The van der Waals surface area contributed by atoms with Crippen LogP contribution < -0.4 is 10.5 Å². The zero-order valence-corrected chi connectivity index (χ0v) is 7.64. The van der Waals surface area contributed by atoms with Gasteiger partial charge in [-0.2, -0.15) is 13.2 Å². The van der Waals surface area contributed by atoms with Crippen LogP contribution in [0.3, 0.4) is 0 Å². The Morgan fingerprint density at radius 3 is 2.47 bits per heavy atom. The van der Waals surface area contributed by atoms with Crippen molar-refractivity contribution in [3.05, 3.63) is 29.6 Å². The SMILES string of the molecule is NCCOc1ccc(F)c(C(F)(F)F)c1. The van der Waals surface area contributed by atoms with Crippen molar-refractivity contribution in [3.8, 4) is 5.75 Å². The Morgan fingerprint density at radius 2 is 1.93 bits per heavy atom. The van der Waals surface area contributed by atoms with Crippen LogP contribution in [0.2, 0.25) is 0 Å². The van der Waals surface area contributed by atoms with Crippen LogP contribution in [0, 0.1) is 5.82 Å². The van der Waals surface area contributed by atoms with E-state index in [2.05, 4.69) is 0 Å². The quantitative estimate of drug-likeness (QED) is 0.797. The Bertz CT molecular complexity index is 337. The molecular weight excluding hydrogens is 214 g/mol. The second-order valence-corrected chi connectivity index (χ2v) is 2.78. The molecule has 0 saturated heterocycles. The summed E-state index contributed by atoms with van der Waals surface area (Å²) in [6.45, 7) is 0.266. The molecule has 0 fully saturated rings. The number of halogens is 4. The van der Waals surface area contributed by atoms with Gasteiger partial charge in [-0.25, -0.2) is 4.39 Å². The smallest absolute Gasteiger partial charge is 0.419 e. The summed E-state index contributed by atoms with van der Waals surface area (Å²) in [5.41, 5.74) is 3.77. The van der Waals surface area contributed by atoms with Crippen molar-refractivity contribution in [2.75, 3.05) is 13.2 Å². The molecule has 0 amide bonds. The molecule has 6 heteroatoms. The van der Waals surface area contributed by atoms with Gasteiger partial charge in [-0.05, 0) is 18.2 Å². The maximum Gasteiger partial charge on any atom is 0.419 e. The number of alkyl halides is 3. The van der Waals surface area contributed by atoms with E-state index in [1.807, 2.05) is 0 Å². The fraction of sp³-hybridized carbons (Fsp3) is 0.333. The lowest BCUT2D eigenvalue weighted by Crippen LogP contribution is -2.12. The van der Waals surface area contributed by atoms with E-state index in [9.17, 15) is 17.6 Å². The minimum Gasteiger partial charge on any atom is -0.492 e. The minimum atomic E-state index is -4.72. The molecule has 0 aliphatic heterocycles. The van der Waals surface area contributed by atoms with Crippen molar-refractivity contribution in [1.82, 2.24) is 0 Å². The highest BCUT2D eigenvalue weighted by Gasteiger charge is 2.34. The summed E-state index contributed by atoms with van der Waals surface area (Å²) >= 11 is 0. The van der Waals surface area contributed by atoms with Gasteiger partial charge >= 0.3 is 6.18 Å². The number of rotatable bonds is 3. The largest absolute Gasteiger partial charge is 0.492 e. The highest BCUT2D eigenvalue weighted by molar-refractivity contribution is 5.31. The first kappa shape index (κ1) is 11.8. The lowest BCUT2D eigenvalue weighted by Gasteiger charge is -2.10. The molecule has 0 saturated carbocycles. The van der Waals surface area contributed by atoms with E-state index in [0.717, 1.165) is 6.07 Å². The molecule has 84 valence electrons. The van der Waals surface area contributed by atoms with E-state index in [1.165, 1.54) is 0 Å². The van der Waals surface area contributed by atoms with Crippen LogP contribution in [-0.2, 0) is 6.18 Å². The van der Waals surface area contributed by atoms with Gasteiger partial charge in [0.25, 0.3) is 0 Å². The Balaban J connectivity index is 2.95. The molecule has 0 heterocycles. The van der Waals surface area contributed by atoms with Crippen LogP contribution in [0.4, 0.5) is 17.6 Å². The number of hydrogen-bond donors (Lipinski definition) is 1. The summed E-state index contributed by atoms with van der Waals surface area (Å²) in [5.74, 6) is -1.36. The van der Waals surface area contributed by atoms with Gasteiger partial charge in [-0.15, -0.1) is 0 Å². The van der Waals surface area contributed by atoms with Crippen molar-refractivity contribution >= 4 is 0 Å². The highest BCUT2D eigenvalue weighted by atomic mass is 19.4. The molecule has 0 aliphatic carbocycles. The molecule has 0 aromatic heterocycles. The molecule has 1 rings (SSSR count). The minimum absolute atomic E-state index is 0.0471. The van der Waals surface area contributed by atoms with Gasteiger partial charge < -0.3 is 10.5 Å². The summed E-state index contributed by atoms with van der Waals surface area (Å²) in [6.07, 6.45) is -4.72. The lowest BCUT2D eigenvalue weighted by atomic mass is 10.2. The summed E-state index contributed by atoms with van der Waals surface area (Å²) in [7, 11) is 0. The predicted octanol–water partition coefficient (Wildman–Crippen LogP) is 2.18. The van der Waals surface area contributed by atoms with Gasteiger partial charge in [0.05, 0.1) is 5.56 Å². The van der Waals surface area contributed by atoms with Crippen LogP contribution in [0.1, 0.15) is 5.56 Å². The molecule has 0 bridgehead atoms. The monoisotopic (exact) mass is 223 g/mol. The molecule has 0 radical (unpaired) electrons. The van der Waals surface area contributed by atoms with Crippen molar-refractivity contribution < 1.29 is 22.3 Å². The zero-order valence-electron chi connectivity index (χ0n) is 7.64. The van der Waals surface area contributed by atoms with E-state index >= 15 is 0 Å². The first-order valence-corrected chi connectivity index (χ1v) is 4.15. The topological polar surface area (TPSA) is 35.2 Å². The average molecular weight is 223 g/mol. The Labute approximate surface area is 83.6 Å². The first-order valence-electron chi connectivity index (χ1n) is 4.15. The number of benzene rings is 1. The van der Waals surface area contributed by atoms with E-state index in [-0.39, 0.29) is 18.9 Å². The molecular formula is C9H9F4NO. The maximum absolute atomic E-state index is 12.8. The van der Waals surface area contributed by atoms with Crippen LogP contribution in [0.25, 0.3) is 0 Å².